The van der Waals surface area contributed by atoms with Crippen LogP contribution in [0.2, 0.25) is 0 Å². The molecule has 1 fully saturated rings. The summed E-state index contributed by atoms with van der Waals surface area (Å²) in [5, 5.41) is 14.8. The van der Waals surface area contributed by atoms with Crippen LogP contribution in [0.5, 0.6) is 0 Å². The van der Waals surface area contributed by atoms with Crippen molar-refractivity contribution in [2.45, 2.75) is 19.5 Å². The molecule has 3 aromatic heterocycles. The maximum Gasteiger partial charge on any atom is 0.178 e. The van der Waals surface area contributed by atoms with Gasteiger partial charge in [-0.2, -0.15) is 4.52 Å². The highest BCUT2D eigenvalue weighted by Crippen LogP contribution is 2.22. The van der Waals surface area contributed by atoms with Gasteiger partial charge in [-0.05, 0) is 43.2 Å². The van der Waals surface area contributed by atoms with Gasteiger partial charge in [-0.1, -0.05) is 0 Å². The lowest BCUT2D eigenvalue weighted by molar-refractivity contribution is 0.196. The first-order valence-corrected chi connectivity index (χ1v) is 8.07. The molecule has 3 aromatic rings. The van der Waals surface area contributed by atoms with Gasteiger partial charge < -0.3 is 4.90 Å². The van der Waals surface area contributed by atoms with E-state index in [-0.39, 0.29) is 0 Å². The highest BCUT2D eigenvalue weighted by molar-refractivity contribution is 7.03. The minimum Gasteiger partial charge on any atom is -0.352 e. The number of hydrogen-bond donors (Lipinski definition) is 0. The number of aryl methyl sites for hydroxylation is 1. The molecule has 1 aliphatic heterocycles. The Morgan fingerprint density at radius 3 is 2.95 bits per heavy atom. The highest BCUT2D eigenvalue weighted by Gasteiger charge is 2.31. The second-order valence-corrected chi connectivity index (χ2v) is 6.37. The van der Waals surface area contributed by atoms with E-state index in [0.29, 0.717) is 6.04 Å². The van der Waals surface area contributed by atoms with Crippen molar-refractivity contribution >= 4 is 23.0 Å². The Morgan fingerprint density at radius 2 is 2.18 bits per heavy atom. The van der Waals surface area contributed by atoms with E-state index < -0.39 is 0 Å². The van der Waals surface area contributed by atoms with Crippen LogP contribution in [0.1, 0.15) is 11.4 Å². The van der Waals surface area contributed by atoms with Crippen LogP contribution in [0.15, 0.2) is 23.7 Å². The maximum atomic E-state index is 4.62. The molecular weight excluding hydrogens is 298 g/mol. The summed E-state index contributed by atoms with van der Waals surface area (Å²) in [5.74, 6) is 1.80. The molecule has 0 N–H and O–H groups in total. The van der Waals surface area contributed by atoms with Crippen molar-refractivity contribution in [3.05, 3.63) is 35.1 Å². The zero-order chi connectivity index (χ0) is 15.1. The van der Waals surface area contributed by atoms with E-state index in [4.69, 9.17) is 0 Å². The van der Waals surface area contributed by atoms with Gasteiger partial charge in [0.1, 0.15) is 5.82 Å². The Labute approximate surface area is 132 Å². The zero-order valence-corrected chi connectivity index (χ0v) is 13.4. The Kier molecular flexibility index (Phi) is 3.27. The van der Waals surface area contributed by atoms with Crippen LogP contribution in [-0.4, -0.2) is 55.3 Å². The van der Waals surface area contributed by atoms with E-state index in [9.17, 15) is 0 Å². The average Bonchev–Trinajstić information content (AvgIpc) is 3.08. The number of hydrogen-bond acceptors (Lipinski definition) is 7. The van der Waals surface area contributed by atoms with Crippen molar-refractivity contribution in [1.29, 1.82) is 0 Å². The molecule has 1 aliphatic rings. The predicted octanol–water partition coefficient (Wildman–Crippen LogP) is 1.21. The van der Waals surface area contributed by atoms with Crippen LogP contribution in [0.4, 0.5) is 5.82 Å². The van der Waals surface area contributed by atoms with Gasteiger partial charge in [-0.15, -0.1) is 15.3 Å². The normalized spacial score (nSPS) is 15.7. The fourth-order valence-corrected chi connectivity index (χ4v) is 3.23. The van der Waals surface area contributed by atoms with E-state index in [0.717, 1.165) is 36.9 Å². The number of rotatable bonds is 4. The van der Waals surface area contributed by atoms with Crippen LogP contribution in [-0.2, 0) is 6.54 Å². The minimum absolute atomic E-state index is 0.555. The first kappa shape index (κ1) is 13.6. The molecular formula is C14H17N7S. The van der Waals surface area contributed by atoms with Gasteiger partial charge in [0.25, 0.3) is 0 Å². The topological polar surface area (TPSA) is 62.5 Å². The molecule has 7 nitrogen and oxygen atoms in total. The molecule has 114 valence electrons. The van der Waals surface area contributed by atoms with E-state index in [1.165, 1.54) is 17.1 Å². The first-order valence-electron chi connectivity index (χ1n) is 7.23. The molecule has 4 rings (SSSR count). The quantitative estimate of drug-likeness (QED) is 0.721. The molecule has 22 heavy (non-hydrogen) atoms. The second-order valence-electron chi connectivity index (χ2n) is 5.72. The number of nitrogens with zero attached hydrogens (tertiary/aromatic N) is 7. The zero-order valence-electron chi connectivity index (χ0n) is 12.5. The van der Waals surface area contributed by atoms with Crippen molar-refractivity contribution in [2.24, 2.45) is 0 Å². The highest BCUT2D eigenvalue weighted by atomic mass is 32.1. The fraction of sp³-hybridized carbons (Fsp3) is 0.429. The third-order valence-electron chi connectivity index (χ3n) is 4.13. The number of anilines is 1. The van der Waals surface area contributed by atoms with Gasteiger partial charge in [-0.3, -0.25) is 4.90 Å². The molecule has 1 saturated heterocycles. The molecule has 0 spiro atoms. The number of fused-ring (bicyclic) bond motifs is 1. The van der Waals surface area contributed by atoms with Crippen molar-refractivity contribution in [3.8, 4) is 0 Å². The van der Waals surface area contributed by atoms with E-state index >= 15 is 0 Å². The number of likely N-dealkylation sites (N-methyl/N-ethyl adjacent to an activating group) is 1. The van der Waals surface area contributed by atoms with Crippen LogP contribution < -0.4 is 4.90 Å². The maximum absolute atomic E-state index is 4.62. The Balaban J connectivity index is 1.42. The fourth-order valence-electron chi connectivity index (χ4n) is 2.70. The summed E-state index contributed by atoms with van der Waals surface area (Å²) in [6, 6.07) is 4.54. The second kappa shape index (κ2) is 5.29. The van der Waals surface area contributed by atoms with E-state index in [1.807, 2.05) is 25.3 Å². The van der Waals surface area contributed by atoms with Crippen molar-refractivity contribution in [2.75, 3.05) is 25.0 Å². The van der Waals surface area contributed by atoms with Crippen LogP contribution >= 0.6 is 11.5 Å². The molecule has 0 aliphatic carbocycles. The van der Waals surface area contributed by atoms with Crippen LogP contribution in [0.3, 0.4) is 0 Å². The third-order valence-corrected chi connectivity index (χ3v) is 4.76. The molecule has 0 atom stereocenters. The monoisotopic (exact) mass is 315 g/mol. The van der Waals surface area contributed by atoms with Gasteiger partial charge in [0.2, 0.25) is 0 Å². The standard InChI is InChI=1S/C14H17N7S/c1-10-16-17-13-3-4-14(18-21(10)13)20-7-12(8-20)19(2)6-11-5-15-22-9-11/h3-5,9,12H,6-8H2,1-2H3. The third kappa shape index (κ3) is 2.34. The van der Waals surface area contributed by atoms with Gasteiger partial charge in [0, 0.05) is 37.3 Å². The van der Waals surface area contributed by atoms with Gasteiger partial charge in [0.15, 0.2) is 11.5 Å². The summed E-state index contributed by atoms with van der Waals surface area (Å²) in [7, 11) is 2.17. The summed E-state index contributed by atoms with van der Waals surface area (Å²) >= 11 is 1.51. The first-order chi connectivity index (χ1) is 10.7. The van der Waals surface area contributed by atoms with Gasteiger partial charge in [0.05, 0.1) is 0 Å². The summed E-state index contributed by atoms with van der Waals surface area (Å²) in [4.78, 5) is 4.66. The Bertz CT molecular complexity index is 776. The Hall–Kier alpha value is -2.06. The van der Waals surface area contributed by atoms with Crippen molar-refractivity contribution in [3.63, 3.8) is 0 Å². The molecule has 0 amide bonds. The largest absolute Gasteiger partial charge is 0.352 e. The minimum atomic E-state index is 0.555. The molecule has 0 radical (unpaired) electrons. The van der Waals surface area contributed by atoms with Gasteiger partial charge >= 0.3 is 0 Å². The van der Waals surface area contributed by atoms with Crippen LogP contribution in [0.25, 0.3) is 5.65 Å². The molecule has 4 heterocycles. The lowest BCUT2D eigenvalue weighted by Gasteiger charge is -2.44. The summed E-state index contributed by atoms with van der Waals surface area (Å²) in [5.41, 5.74) is 2.08. The Morgan fingerprint density at radius 1 is 1.32 bits per heavy atom. The van der Waals surface area contributed by atoms with Crippen LogP contribution in [0, 0.1) is 6.92 Å². The lowest BCUT2D eigenvalue weighted by Crippen LogP contribution is -2.58. The molecule has 0 bridgehead atoms. The SMILES string of the molecule is Cc1nnc2ccc(N3CC(N(C)Cc4cnsc4)C3)nn12. The smallest absolute Gasteiger partial charge is 0.178 e. The summed E-state index contributed by atoms with van der Waals surface area (Å²) in [6.07, 6.45) is 1.95. The molecule has 0 unspecified atom stereocenters. The average molecular weight is 315 g/mol. The predicted molar refractivity (Wildman–Crippen MR) is 85.1 cm³/mol. The summed E-state index contributed by atoms with van der Waals surface area (Å²) in [6.45, 7) is 4.85. The molecule has 8 heteroatoms. The van der Waals surface area contributed by atoms with Gasteiger partial charge in [-0.25, -0.2) is 4.37 Å². The van der Waals surface area contributed by atoms with E-state index in [1.54, 1.807) is 4.52 Å². The van der Waals surface area contributed by atoms with Crippen molar-refractivity contribution < 1.29 is 0 Å². The van der Waals surface area contributed by atoms with Crippen molar-refractivity contribution in [1.82, 2.24) is 29.1 Å². The molecule has 0 aromatic carbocycles. The summed E-state index contributed by atoms with van der Waals surface area (Å²) < 4.78 is 5.95. The van der Waals surface area contributed by atoms with E-state index in [2.05, 4.69) is 41.9 Å². The lowest BCUT2D eigenvalue weighted by atomic mass is 10.1. The number of aromatic nitrogens is 5. The molecule has 0 saturated carbocycles.